The second-order valence-electron chi connectivity index (χ2n) is 9.41. The van der Waals surface area contributed by atoms with E-state index in [9.17, 15) is 0 Å². The molecular weight excluding hydrogens is 653 g/mol. The predicted molar refractivity (Wildman–Crippen MR) is 218 cm³/mol. The highest BCUT2D eigenvalue weighted by molar-refractivity contribution is 5.91. The summed E-state index contributed by atoms with van der Waals surface area (Å²) in [6.07, 6.45) is 5.88. The molecule has 0 aliphatic carbocycles. The lowest BCUT2D eigenvalue weighted by Gasteiger charge is -2.23. The van der Waals surface area contributed by atoms with E-state index in [1.165, 1.54) is 0 Å². The standard InChI is InChI=1S/C20H23N5O.C20H6.HN5O.8H2/c21-20-18-2-1-14(11-15(18)3-9-24-20)13-25-19-12-17(6-10-23-19)26-16-4-7-22-8-5-16;1-3-5-7-9-11-13-15-17-19-20-18-16-14-12-10-8-6-4-2;1-2-3-4-5-6;;;;;;;;/h1-3,6,9-12,16,22H,4-5,7-8,13H2,(H2,21,24)(H,23,25);1-2H3;1H;8*1H/b;;2-1?,4-3+;;;;;;;;. The zero-order valence-electron chi connectivity index (χ0n) is 28.3. The fourth-order valence-corrected chi connectivity index (χ4v) is 3.84. The molecule has 1 saturated heterocycles. The Morgan fingerprint density at radius 3 is 1.88 bits per heavy atom. The Labute approximate surface area is 315 Å². The van der Waals surface area contributed by atoms with Crippen LogP contribution in [-0.2, 0) is 6.54 Å². The highest BCUT2D eigenvalue weighted by Crippen LogP contribution is 2.22. The van der Waals surface area contributed by atoms with Gasteiger partial charge in [0, 0.05) is 47.0 Å². The van der Waals surface area contributed by atoms with E-state index in [-0.39, 0.29) is 17.5 Å². The summed E-state index contributed by atoms with van der Waals surface area (Å²) in [7, 11) is 0. The Bertz CT molecular complexity index is 2260. The molecular formula is C40H46N10O2. The van der Waals surface area contributed by atoms with Gasteiger partial charge in [-0.25, -0.2) is 9.97 Å². The van der Waals surface area contributed by atoms with Crippen molar-refractivity contribution in [1.29, 1.82) is 5.53 Å². The number of nitrogens with zero attached hydrogens (tertiary/aromatic N) is 6. The molecule has 0 saturated carbocycles. The summed E-state index contributed by atoms with van der Waals surface area (Å²) < 4.78 is 6.08. The number of piperidine rings is 1. The Morgan fingerprint density at radius 1 is 0.808 bits per heavy atom. The molecule has 5 N–H and O–H groups in total. The Balaban J connectivity index is -0.000000151. The van der Waals surface area contributed by atoms with Crippen LogP contribution in [0.15, 0.2) is 69.7 Å². The summed E-state index contributed by atoms with van der Waals surface area (Å²) in [5, 5.41) is 18.0. The van der Waals surface area contributed by atoms with Gasteiger partial charge in [-0.05, 0) is 174 Å². The number of anilines is 2. The zero-order chi connectivity index (χ0) is 37.3. The topological polar surface area (TPSA) is 175 Å². The first-order valence-corrected chi connectivity index (χ1v) is 15.2. The molecule has 0 bridgehead atoms. The average molecular weight is 699 g/mol. The van der Waals surface area contributed by atoms with Gasteiger partial charge in [0.1, 0.15) is 28.8 Å². The summed E-state index contributed by atoms with van der Waals surface area (Å²) >= 11 is 0. The fraction of sp³-hybridized carbons (Fsp3) is 0.200. The molecule has 1 fully saturated rings. The van der Waals surface area contributed by atoms with Crippen LogP contribution in [0.25, 0.3) is 10.8 Å². The third kappa shape index (κ3) is 18.4. The monoisotopic (exact) mass is 698 g/mol. The number of aromatic nitrogens is 2. The van der Waals surface area contributed by atoms with Crippen LogP contribution in [0, 0.1) is 117 Å². The largest absolute Gasteiger partial charge is 0.490 e. The molecule has 0 radical (unpaired) electrons. The Hall–Kier alpha value is -8.02. The van der Waals surface area contributed by atoms with Crippen LogP contribution in [0.1, 0.15) is 43.7 Å². The predicted octanol–water partition coefficient (Wildman–Crippen LogP) is 7.05. The number of hydrogen-bond acceptors (Lipinski definition) is 8. The van der Waals surface area contributed by atoms with Crippen LogP contribution < -0.4 is 21.1 Å². The molecule has 1 aromatic carbocycles. The van der Waals surface area contributed by atoms with Crippen LogP contribution in [-0.4, -0.2) is 29.2 Å². The van der Waals surface area contributed by atoms with Crippen molar-refractivity contribution in [2.24, 2.45) is 21.0 Å². The van der Waals surface area contributed by atoms with Crippen molar-refractivity contribution >= 4 is 22.4 Å². The number of pyridine rings is 2. The Kier molecular flexibility index (Phi) is 20.8. The normalized spacial score (nSPS) is 10.0. The number of hydrogen-bond donors (Lipinski definition) is 4. The van der Waals surface area contributed by atoms with Crippen molar-refractivity contribution in [2.75, 3.05) is 24.1 Å². The maximum absolute atomic E-state index is 8.91. The molecule has 3 aromatic rings. The molecule has 52 heavy (non-hydrogen) atoms. The minimum Gasteiger partial charge on any atom is -0.490 e. The smallest absolute Gasteiger partial charge is 0.131 e. The van der Waals surface area contributed by atoms with Gasteiger partial charge in [-0.3, -0.25) is 0 Å². The van der Waals surface area contributed by atoms with Crippen molar-refractivity contribution in [1.82, 2.24) is 15.3 Å². The van der Waals surface area contributed by atoms with E-state index in [0.717, 1.165) is 53.8 Å². The first kappa shape index (κ1) is 40.2. The van der Waals surface area contributed by atoms with Gasteiger partial charge in [0.15, 0.2) is 0 Å². The number of benzene rings is 1. The summed E-state index contributed by atoms with van der Waals surface area (Å²) in [6.45, 7) is 6.12. The van der Waals surface area contributed by atoms with Crippen molar-refractivity contribution in [2.45, 2.75) is 39.3 Å². The van der Waals surface area contributed by atoms with E-state index in [2.05, 4.69) is 155 Å². The number of nitrogen functional groups attached to an aromatic ring is 1. The van der Waals surface area contributed by atoms with E-state index in [1.807, 2.05) is 29.6 Å². The lowest BCUT2D eigenvalue weighted by Crippen LogP contribution is -2.34. The van der Waals surface area contributed by atoms with Gasteiger partial charge in [-0.2, -0.15) is 5.53 Å². The van der Waals surface area contributed by atoms with Crippen LogP contribution in [0.3, 0.4) is 0 Å². The van der Waals surface area contributed by atoms with Crippen LogP contribution in [0.4, 0.5) is 11.6 Å². The van der Waals surface area contributed by atoms with E-state index >= 15 is 0 Å². The Morgan fingerprint density at radius 2 is 1.37 bits per heavy atom. The molecule has 1 aliphatic rings. The highest BCUT2D eigenvalue weighted by Gasteiger charge is 2.14. The maximum atomic E-state index is 8.91. The first-order chi connectivity index (χ1) is 25.6. The molecule has 12 heteroatoms. The van der Waals surface area contributed by atoms with Gasteiger partial charge in [0.05, 0.1) is 0 Å². The zero-order valence-corrected chi connectivity index (χ0v) is 28.3. The lowest BCUT2D eigenvalue weighted by molar-refractivity contribution is 0.162. The molecule has 0 unspecified atom stereocenters. The van der Waals surface area contributed by atoms with Gasteiger partial charge < -0.3 is 21.1 Å². The van der Waals surface area contributed by atoms with E-state index in [0.29, 0.717) is 12.4 Å². The molecule has 0 atom stereocenters. The number of ether oxygens (including phenoxy) is 1. The average Bonchev–Trinajstić information content (AvgIpc) is 3.17. The minimum absolute atomic E-state index is 0. The molecule has 12 nitrogen and oxygen atoms in total. The molecule has 2 aromatic heterocycles. The summed E-state index contributed by atoms with van der Waals surface area (Å²) in [5.41, 5.74) is 12.9. The number of nitroso groups, excluding NO2 is 1. The summed E-state index contributed by atoms with van der Waals surface area (Å²) in [5.74, 6) is 47.8. The quantitative estimate of drug-likeness (QED) is 0.0885. The van der Waals surface area contributed by atoms with Crippen molar-refractivity contribution in [3.05, 3.63) is 59.3 Å². The van der Waals surface area contributed by atoms with E-state index in [4.69, 9.17) is 20.9 Å². The molecule has 0 amide bonds. The van der Waals surface area contributed by atoms with Gasteiger partial charge in [-0.15, -0.1) is 4.91 Å². The SMILES string of the molecule is CC#CC#CC#CC#CC#CC#CC#CC#CC#CC.N=N/N=N/N=O.Nc1nccc2cc(CNc3cc(OC4CCNCC4)ccn3)ccc12.[HH].[HH].[HH].[HH].[HH].[HH].[HH].[HH]. The molecule has 268 valence electrons. The van der Waals surface area contributed by atoms with Gasteiger partial charge in [0.25, 0.3) is 0 Å². The number of nitrogens with one attached hydrogen (secondary N) is 3. The number of fused-ring (bicyclic) bond motifs is 1. The number of nitrogens with two attached hydrogens (primary N) is 1. The third-order valence-electron chi connectivity index (χ3n) is 5.96. The van der Waals surface area contributed by atoms with Gasteiger partial charge >= 0.3 is 0 Å². The van der Waals surface area contributed by atoms with Gasteiger partial charge in [0.2, 0.25) is 0 Å². The summed E-state index contributed by atoms with van der Waals surface area (Å²) in [4.78, 5) is 17.4. The second kappa shape index (κ2) is 27.0. The maximum Gasteiger partial charge on any atom is 0.131 e. The van der Waals surface area contributed by atoms with E-state index in [1.54, 1.807) is 26.2 Å². The van der Waals surface area contributed by atoms with Crippen LogP contribution >= 0.6 is 0 Å². The third-order valence-corrected chi connectivity index (χ3v) is 5.96. The van der Waals surface area contributed by atoms with E-state index < -0.39 is 0 Å². The first-order valence-electron chi connectivity index (χ1n) is 15.2. The van der Waals surface area contributed by atoms with Crippen LogP contribution in [0.5, 0.6) is 5.75 Å². The minimum atomic E-state index is 0. The van der Waals surface area contributed by atoms with Crippen molar-refractivity contribution in [3.8, 4) is 112 Å². The lowest BCUT2D eigenvalue weighted by atomic mass is 10.1. The number of rotatable bonds is 7. The van der Waals surface area contributed by atoms with Crippen LogP contribution in [0.2, 0.25) is 0 Å². The second-order valence-corrected chi connectivity index (χ2v) is 9.41. The van der Waals surface area contributed by atoms with Gasteiger partial charge in [-0.1, -0.05) is 24.0 Å². The highest BCUT2D eigenvalue weighted by atomic mass is 16.5. The molecule has 3 heterocycles. The van der Waals surface area contributed by atoms with Crippen molar-refractivity contribution < 1.29 is 16.1 Å². The molecule has 1 aliphatic heterocycles. The summed E-state index contributed by atoms with van der Waals surface area (Å²) in [6, 6.07) is 12.0. The van der Waals surface area contributed by atoms with Crippen molar-refractivity contribution in [3.63, 3.8) is 0 Å². The molecule has 4 rings (SSSR count). The molecule has 0 spiro atoms. The fourth-order valence-electron chi connectivity index (χ4n) is 3.84.